The van der Waals surface area contributed by atoms with Crippen molar-refractivity contribution < 1.29 is 0 Å². The number of allylic oxidation sites excluding steroid dienone is 16. The smallest absolute Gasteiger partial charge is 0.0411 e. The summed E-state index contributed by atoms with van der Waals surface area (Å²) in [5, 5.41) is 0. The van der Waals surface area contributed by atoms with Crippen LogP contribution in [0.1, 0.15) is 76.8 Å². The number of fused-ring (bicyclic) bond motifs is 9. The zero-order valence-electron chi connectivity index (χ0n) is 31.7. The highest BCUT2D eigenvalue weighted by Gasteiger charge is 2.66. The van der Waals surface area contributed by atoms with Crippen molar-refractivity contribution in [2.45, 2.75) is 82.6 Å². The highest BCUT2D eigenvalue weighted by Crippen LogP contribution is 2.71. The zero-order valence-corrected chi connectivity index (χ0v) is 31.7. The Kier molecular flexibility index (Phi) is 7.94. The molecule has 10 rings (SSSR count). The highest BCUT2D eigenvalue weighted by molar-refractivity contribution is 5.69. The third-order valence-corrected chi connectivity index (χ3v) is 14.6. The number of hydrogen-bond acceptors (Lipinski definition) is 1. The maximum atomic E-state index is 2.82. The second kappa shape index (κ2) is 12.8. The molecule has 0 N–H and O–H groups in total. The van der Waals surface area contributed by atoms with E-state index in [1.807, 2.05) is 0 Å². The van der Waals surface area contributed by atoms with Gasteiger partial charge in [-0.15, -0.1) is 0 Å². The summed E-state index contributed by atoms with van der Waals surface area (Å²) in [6, 6.07) is 30.5. The van der Waals surface area contributed by atoms with Crippen molar-refractivity contribution in [2.75, 3.05) is 4.90 Å². The maximum Gasteiger partial charge on any atom is 0.0411 e. The average molecular weight is 692 g/mol. The first kappa shape index (κ1) is 33.0. The largest absolute Gasteiger partial charge is 0.342 e. The Morgan fingerprint density at radius 2 is 1.53 bits per heavy atom. The van der Waals surface area contributed by atoms with Crippen LogP contribution in [-0.4, -0.2) is 6.04 Å². The predicted octanol–water partition coefficient (Wildman–Crippen LogP) is 12.9. The molecule has 1 saturated carbocycles. The number of anilines is 1. The van der Waals surface area contributed by atoms with Gasteiger partial charge in [0.15, 0.2) is 0 Å². The lowest BCUT2D eigenvalue weighted by Crippen LogP contribution is -2.49. The fraction of sp³-hybridized carbons (Fsp3) is 0.346. The van der Waals surface area contributed by atoms with Crippen LogP contribution >= 0.6 is 0 Å². The van der Waals surface area contributed by atoms with Crippen LogP contribution in [0.5, 0.6) is 0 Å². The summed E-state index contributed by atoms with van der Waals surface area (Å²) >= 11 is 0. The Hall–Kier alpha value is -4.62. The van der Waals surface area contributed by atoms with E-state index in [2.05, 4.69) is 171 Å². The summed E-state index contributed by atoms with van der Waals surface area (Å²) in [6.07, 6.45) is 35.1. The van der Waals surface area contributed by atoms with Crippen molar-refractivity contribution in [3.05, 3.63) is 185 Å². The molecule has 7 aliphatic carbocycles. The van der Waals surface area contributed by atoms with Gasteiger partial charge in [-0.05, 0) is 126 Å². The molecule has 8 atom stereocenters. The van der Waals surface area contributed by atoms with E-state index in [0.717, 1.165) is 19.3 Å². The molecule has 1 fully saturated rings. The zero-order chi connectivity index (χ0) is 35.7. The first-order valence-corrected chi connectivity index (χ1v) is 20.6. The Morgan fingerprint density at radius 3 is 2.32 bits per heavy atom. The van der Waals surface area contributed by atoms with E-state index >= 15 is 0 Å². The lowest BCUT2D eigenvalue weighted by atomic mass is 9.55. The molecule has 3 aromatic carbocycles. The first-order valence-electron chi connectivity index (χ1n) is 20.6. The number of hydrogen-bond donors (Lipinski definition) is 0. The van der Waals surface area contributed by atoms with E-state index in [-0.39, 0.29) is 10.8 Å². The number of benzene rings is 3. The van der Waals surface area contributed by atoms with Crippen LogP contribution in [0.4, 0.5) is 5.69 Å². The normalized spacial score (nSPS) is 33.5. The number of rotatable bonds is 5. The van der Waals surface area contributed by atoms with E-state index < -0.39 is 0 Å². The number of nitrogens with zero attached hydrogens (tertiary/aromatic N) is 1. The molecule has 1 heteroatoms. The molecule has 3 aromatic rings. The summed E-state index contributed by atoms with van der Waals surface area (Å²) in [4.78, 5) is 2.82. The maximum absolute atomic E-state index is 2.82. The monoisotopic (exact) mass is 691 g/mol. The van der Waals surface area contributed by atoms with Gasteiger partial charge in [0.05, 0.1) is 0 Å². The minimum atomic E-state index is -0.0123. The molecule has 7 aliphatic rings. The van der Waals surface area contributed by atoms with Gasteiger partial charge in [-0.3, -0.25) is 0 Å². The average Bonchev–Trinajstić information content (AvgIpc) is 3.63. The molecule has 53 heavy (non-hydrogen) atoms. The lowest BCUT2D eigenvalue weighted by Gasteiger charge is -2.50. The third kappa shape index (κ3) is 4.95. The van der Waals surface area contributed by atoms with Crippen LogP contribution in [0.2, 0.25) is 0 Å². The minimum Gasteiger partial charge on any atom is -0.342 e. The van der Waals surface area contributed by atoms with Gasteiger partial charge in [-0.1, -0.05) is 154 Å². The first-order chi connectivity index (χ1) is 26.0. The van der Waals surface area contributed by atoms with Gasteiger partial charge >= 0.3 is 0 Å². The standard InChI is InChI=1S/C52H53N/c1-35-15-14-22-47-50(35)44-31-29-42(34-48(44)52(47)46-21-11-10-20-45(46)51(3)32-13-12-23-49(51)52)53(40-26-24-38(25-27-40)37-16-6-4-7-17-37)41-28-30-43(36(2)33-41)39-18-8-5-9-19-39/h4-8,10-14,16-18,20-28,30,32,35-36,42,44,48-49H,9,15,19,29,31,33-34H2,1-3H3/t35?,36-,42?,44?,48?,49?,51?,52?/m1/s1. The van der Waals surface area contributed by atoms with Gasteiger partial charge < -0.3 is 4.90 Å². The Labute approximate surface area is 317 Å². The molecule has 0 bridgehead atoms. The Bertz CT molecular complexity index is 2180. The van der Waals surface area contributed by atoms with E-state index in [4.69, 9.17) is 0 Å². The van der Waals surface area contributed by atoms with Gasteiger partial charge in [-0.2, -0.15) is 0 Å². The second-order valence-electron chi connectivity index (χ2n) is 17.3. The predicted molar refractivity (Wildman–Crippen MR) is 223 cm³/mol. The van der Waals surface area contributed by atoms with Gasteiger partial charge in [0.1, 0.15) is 0 Å². The minimum absolute atomic E-state index is 0.00170. The lowest BCUT2D eigenvalue weighted by molar-refractivity contribution is 0.144. The van der Waals surface area contributed by atoms with Crippen molar-refractivity contribution in [1.82, 2.24) is 0 Å². The van der Waals surface area contributed by atoms with Crippen molar-refractivity contribution in [1.29, 1.82) is 0 Å². The topological polar surface area (TPSA) is 3.24 Å². The highest BCUT2D eigenvalue weighted by atomic mass is 15.2. The molecule has 0 aromatic heterocycles. The van der Waals surface area contributed by atoms with Gasteiger partial charge in [0.25, 0.3) is 0 Å². The summed E-state index contributed by atoms with van der Waals surface area (Å²) in [5.41, 5.74) is 15.1. The van der Waals surface area contributed by atoms with Crippen LogP contribution in [0.15, 0.2) is 174 Å². The quantitative estimate of drug-likeness (QED) is 0.257. The third-order valence-electron chi connectivity index (χ3n) is 14.6. The molecular formula is C52H53N. The molecule has 0 heterocycles. The van der Waals surface area contributed by atoms with E-state index in [9.17, 15) is 0 Å². The SMILES string of the molecule is CC1CC=CC2=C1C1CCC(N(C3=CC=C(C4=CC=CCC4)[C@H](C)C3)c3ccc(-c4ccccc4)cc3)CC1C21c2ccccc2C2(C)C=CC=CC21. The van der Waals surface area contributed by atoms with E-state index in [0.29, 0.717) is 35.6 Å². The molecule has 266 valence electrons. The van der Waals surface area contributed by atoms with Crippen LogP contribution in [-0.2, 0) is 10.8 Å². The molecule has 1 spiro atoms. The molecule has 0 amide bonds. The fourth-order valence-corrected chi connectivity index (χ4v) is 12.5. The molecule has 7 unspecified atom stereocenters. The van der Waals surface area contributed by atoms with Crippen molar-refractivity contribution in [2.24, 2.45) is 29.6 Å². The molecule has 1 nitrogen and oxygen atoms in total. The van der Waals surface area contributed by atoms with E-state index in [1.165, 1.54) is 59.3 Å². The van der Waals surface area contributed by atoms with Gasteiger partial charge in [0, 0.05) is 34.2 Å². The fourth-order valence-electron chi connectivity index (χ4n) is 12.5. The summed E-state index contributed by atoms with van der Waals surface area (Å²) in [5.74, 6) is 2.71. The van der Waals surface area contributed by atoms with E-state index in [1.54, 1.807) is 22.3 Å². The Balaban J connectivity index is 1.10. The van der Waals surface area contributed by atoms with Crippen molar-refractivity contribution >= 4 is 5.69 Å². The molecule has 0 saturated heterocycles. The van der Waals surface area contributed by atoms with Crippen LogP contribution in [0.3, 0.4) is 0 Å². The van der Waals surface area contributed by atoms with Crippen LogP contribution in [0, 0.1) is 29.6 Å². The van der Waals surface area contributed by atoms with Gasteiger partial charge in [-0.25, -0.2) is 0 Å². The summed E-state index contributed by atoms with van der Waals surface area (Å²) < 4.78 is 0. The summed E-state index contributed by atoms with van der Waals surface area (Å²) in [6.45, 7) is 7.52. The molecular weight excluding hydrogens is 639 g/mol. The van der Waals surface area contributed by atoms with Crippen molar-refractivity contribution in [3.8, 4) is 11.1 Å². The molecule has 0 aliphatic heterocycles. The summed E-state index contributed by atoms with van der Waals surface area (Å²) in [7, 11) is 0. The van der Waals surface area contributed by atoms with Crippen LogP contribution in [0.25, 0.3) is 11.1 Å². The molecule has 0 radical (unpaired) electrons. The van der Waals surface area contributed by atoms with Crippen molar-refractivity contribution in [3.63, 3.8) is 0 Å². The second-order valence-corrected chi connectivity index (χ2v) is 17.3. The Morgan fingerprint density at radius 1 is 0.736 bits per heavy atom. The van der Waals surface area contributed by atoms with Gasteiger partial charge in [0.2, 0.25) is 0 Å². The van der Waals surface area contributed by atoms with Crippen LogP contribution < -0.4 is 4.90 Å².